The third-order valence-electron chi connectivity index (χ3n) is 4.63. The van der Waals surface area contributed by atoms with Crippen molar-refractivity contribution in [3.05, 3.63) is 33.8 Å². The molecule has 27 heavy (non-hydrogen) atoms. The molecule has 154 valence electrons. The maximum atomic E-state index is 5.96. The number of nitrogens with one attached hydrogen (secondary N) is 1. The number of hydrogen-bond acceptors (Lipinski definition) is 3. The van der Waals surface area contributed by atoms with E-state index in [1.807, 2.05) is 0 Å². The van der Waals surface area contributed by atoms with Crippen LogP contribution in [0.25, 0.3) is 0 Å². The lowest BCUT2D eigenvalue weighted by Crippen LogP contribution is -2.47. The molecule has 1 saturated heterocycles. The van der Waals surface area contributed by atoms with Gasteiger partial charge in [-0.2, -0.15) is 0 Å². The molecule has 0 bridgehead atoms. The third kappa shape index (κ3) is 8.66. The first-order valence-corrected chi connectivity index (χ1v) is 10.3. The van der Waals surface area contributed by atoms with Crippen molar-refractivity contribution in [3.63, 3.8) is 0 Å². The fraction of sp³-hybridized carbons (Fsp3) is 0.650. The molecule has 1 N–H and O–H groups in total. The predicted molar refractivity (Wildman–Crippen MR) is 126 cm³/mol. The number of halogens is 2. The molecule has 0 aromatic heterocycles. The fourth-order valence-electron chi connectivity index (χ4n) is 3.11. The molecule has 0 unspecified atom stereocenters. The van der Waals surface area contributed by atoms with Gasteiger partial charge in [-0.1, -0.05) is 22.0 Å². The van der Waals surface area contributed by atoms with E-state index in [4.69, 9.17) is 14.5 Å². The van der Waals surface area contributed by atoms with Crippen molar-refractivity contribution in [2.75, 3.05) is 40.0 Å². The first kappa shape index (κ1) is 24.7. The van der Waals surface area contributed by atoms with Crippen molar-refractivity contribution in [1.29, 1.82) is 0 Å². The summed E-state index contributed by atoms with van der Waals surface area (Å²) in [6, 6.07) is 6.37. The van der Waals surface area contributed by atoms with E-state index >= 15 is 0 Å². The van der Waals surface area contributed by atoms with E-state index in [9.17, 15) is 0 Å². The molecule has 1 aromatic rings. The highest BCUT2D eigenvalue weighted by molar-refractivity contribution is 14.0. The zero-order valence-corrected chi connectivity index (χ0v) is 20.6. The van der Waals surface area contributed by atoms with Crippen LogP contribution in [0.2, 0.25) is 0 Å². The minimum atomic E-state index is 0. The van der Waals surface area contributed by atoms with Gasteiger partial charge in [0.2, 0.25) is 0 Å². The molecule has 2 rings (SSSR count). The summed E-state index contributed by atoms with van der Waals surface area (Å²) in [5.74, 6) is 1.01. The van der Waals surface area contributed by atoms with Crippen LogP contribution in [0.1, 0.15) is 37.3 Å². The van der Waals surface area contributed by atoms with Gasteiger partial charge in [-0.3, -0.25) is 0 Å². The van der Waals surface area contributed by atoms with Crippen LogP contribution >= 0.6 is 39.9 Å². The number of aliphatic imine (C=N–C) groups is 1. The maximum Gasteiger partial charge on any atom is 0.194 e. The summed E-state index contributed by atoms with van der Waals surface area (Å²) in [7, 11) is 1.73. The quantitative estimate of drug-likeness (QED) is 0.225. The van der Waals surface area contributed by atoms with Crippen LogP contribution < -0.4 is 5.32 Å². The SMILES string of the molecule is CCNC(=NCc1ccc(Br)cc1C)N1CCC(OCCCOC)CC1.I. The number of methoxy groups -OCH3 is 1. The second-order valence-electron chi connectivity index (χ2n) is 6.64. The van der Waals surface area contributed by atoms with Crippen LogP contribution in [0.4, 0.5) is 0 Å². The molecule has 1 aliphatic heterocycles. The van der Waals surface area contributed by atoms with Gasteiger partial charge in [0.15, 0.2) is 5.96 Å². The van der Waals surface area contributed by atoms with Gasteiger partial charge in [0.05, 0.1) is 12.6 Å². The number of hydrogen-bond donors (Lipinski definition) is 1. The van der Waals surface area contributed by atoms with Gasteiger partial charge < -0.3 is 19.7 Å². The topological polar surface area (TPSA) is 46.1 Å². The normalized spacial score (nSPS) is 15.6. The summed E-state index contributed by atoms with van der Waals surface area (Å²) in [5.41, 5.74) is 2.53. The van der Waals surface area contributed by atoms with Crippen LogP contribution in [-0.4, -0.2) is 56.9 Å². The van der Waals surface area contributed by atoms with Crippen LogP contribution in [0.15, 0.2) is 27.7 Å². The fourth-order valence-corrected chi connectivity index (χ4v) is 3.59. The summed E-state index contributed by atoms with van der Waals surface area (Å²) in [4.78, 5) is 7.22. The van der Waals surface area contributed by atoms with Gasteiger partial charge in [0, 0.05) is 44.4 Å². The van der Waals surface area contributed by atoms with Gasteiger partial charge in [-0.15, -0.1) is 24.0 Å². The van der Waals surface area contributed by atoms with Crippen molar-refractivity contribution in [2.45, 2.75) is 45.8 Å². The minimum Gasteiger partial charge on any atom is -0.385 e. The van der Waals surface area contributed by atoms with Gasteiger partial charge in [-0.05, 0) is 56.4 Å². The molecule has 1 aliphatic rings. The van der Waals surface area contributed by atoms with E-state index in [1.165, 1.54) is 11.1 Å². The van der Waals surface area contributed by atoms with Crippen molar-refractivity contribution >= 4 is 45.9 Å². The average Bonchev–Trinajstić information content (AvgIpc) is 2.64. The monoisotopic (exact) mass is 553 g/mol. The van der Waals surface area contributed by atoms with Gasteiger partial charge in [-0.25, -0.2) is 4.99 Å². The Hall–Kier alpha value is -0.380. The van der Waals surface area contributed by atoms with Gasteiger partial charge in [0.25, 0.3) is 0 Å². The largest absolute Gasteiger partial charge is 0.385 e. The van der Waals surface area contributed by atoms with Crippen LogP contribution in [0.3, 0.4) is 0 Å². The first-order chi connectivity index (χ1) is 12.6. The average molecular weight is 554 g/mol. The van der Waals surface area contributed by atoms with Crippen molar-refractivity contribution in [1.82, 2.24) is 10.2 Å². The highest BCUT2D eigenvalue weighted by atomic mass is 127. The van der Waals surface area contributed by atoms with Crippen molar-refractivity contribution < 1.29 is 9.47 Å². The number of ether oxygens (including phenoxy) is 2. The standard InChI is InChI=1S/C20H32BrN3O2.HI/c1-4-22-20(23-15-17-6-7-18(21)14-16(17)2)24-10-8-19(9-11-24)26-13-5-12-25-3;/h6-7,14,19H,4-5,8-13,15H2,1-3H3,(H,22,23);1H. The highest BCUT2D eigenvalue weighted by Gasteiger charge is 2.21. The summed E-state index contributed by atoms with van der Waals surface area (Å²) in [6.45, 7) is 9.36. The molecule has 0 saturated carbocycles. The number of aryl methyl sites for hydroxylation is 1. The van der Waals surface area contributed by atoms with E-state index in [0.717, 1.165) is 62.5 Å². The number of piperidine rings is 1. The van der Waals surface area contributed by atoms with E-state index in [2.05, 4.69) is 58.2 Å². The zero-order valence-electron chi connectivity index (χ0n) is 16.7. The predicted octanol–water partition coefficient (Wildman–Crippen LogP) is 4.36. The Morgan fingerprint density at radius 2 is 2.04 bits per heavy atom. The lowest BCUT2D eigenvalue weighted by molar-refractivity contribution is 0.00990. The van der Waals surface area contributed by atoms with E-state index in [-0.39, 0.29) is 24.0 Å². The smallest absolute Gasteiger partial charge is 0.194 e. The number of benzene rings is 1. The lowest BCUT2D eigenvalue weighted by atomic mass is 10.1. The molecule has 0 radical (unpaired) electrons. The van der Waals surface area contributed by atoms with E-state index < -0.39 is 0 Å². The molecule has 0 aliphatic carbocycles. The molecule has 0 spiro atoms. The van der Waals surface area contributed by atoms with Gasteiger partial charge in [0.1, 0.15) is 0 Å². The minimum absolute atomic E-state index is 0. The summed E-state index contributed by atoms with van der Waals surface area (Å²) < 4.78 is 12.1. The molecule has 0 atom stereocenters. The number of guanidine groups is 1. The van der Waals surface area contributed by atoms with Crippen LogP contribution in [0.5, 0.6) is 0 Å². The Balaban J connectivity index is 0.00000364. The summed E-state index contributed by atoms with van der Waals surface area (Å²) in [5, 5.41) is 3.44. The van der Waals surface area contributed by atoms with Crippen LogP contribution in [-0.2, 0) is 16.0 Å². The Kier molecular flexibility index (Phi) is 12.5. The number of rotatable bonds is 8. The Labute approximate surface area is 189 Å². The highest BCUT2D eigenvalue weighted by Crippen LogP contribution is 2.18. The van der Waals surface area contributed by atoms with E-state index in [1.54, 1.807) is 7.11 Å². The molecular weight excluding hydrogens is 521 g/mol. The summed E-state index contributed by atoms with van der Waals surface area (Å²) in [6.07, 6.45) is 3.43. The second-order valence-corrected chi connectivity index (χ2v) is 7.56. The molecular formula is C20H33BrIN3O2. The molecule has 1 heterocycles. The molecule has 0 amide bonds. The second kappa shape index (κ2) is 13.7. The van der Waals surface area contributed by atoms with E-state index in [0.29, 0.717) is 12.6 Å². The van der Waals surface area contributed by atoms with Crippen molar-refractivity contribution in [2.24, 2.45) is 4.99 Å². The summed E-state index contributed by atoms with van der Waals surface area (Å²) >= 11 is 3.52. The molecule has 1 fully saturated rings. The molecule has 7 heteroatoms. The first-order valence-electron chi connectivity index (χ1n) is 9.52. The Morgan fingerprint density at radius 3 is 2.67 bits per heavy atom. The molecule has 5 nitrogen and oxygen atoms in total. The third-order valence-corrected chi connectivity index (χ3v) is 5.12. The zero-order chi connectivity index (χ0) is 18.8. The van der Waals surface area contributed by atoms with Crippen LogP contribution in [0, 0.1) is 6.92 Å². The molecule has 1 aromatic carbocycles. The Morgan fingerprint density at radius 1 is 1.30 bits per heavy atom. The van der Waals surface area contributed by atoms with Crippen molar-refractivity contribution in [3.8, 4) is 0 Å². The maximum absolute atomic E-state index is 5.96. The van der Waals surface area contributed by atoms with Gasteiger partial charge >= 0.3 is 0 Å². The lowest BCUT2D eigenvalue weighted by Gasteiger charge is -2.34. The number of likely N-dealkylation sites (tertiary alicyclic amines) is 1. The Bertz CT molecular complexity index is 578. The number of nitrogens with zero attached hydrogens (tertiary/aromatic N) is 2.